The van der Waals surface area contributed by atoms with E-state index >= 15 is 0 Å². The minimum atomic E-state index is -0.0147. The first-order valence-corrected chi connectivity index (χ1v) is 3.92. The lowest BCUT2D eigenvalue weighted by Gasteiger charge is -1.91. The van der Waals surface area contributed by atoms with Gasteiger partial charge in [-0.25, -0.2) is 9.97 Å². The Kier molecular flexibility index (Phi) is 1.94. The molecule has 66 valence electrons. The van der Waals surface area contributed by atoms with Gasteiger partial charge in [-0.15, -0.1) is 0 Å². The Balaban J connectivity index is 2.41. The minimum absolute atomic E-state index is 0.0147. The minimum Gasteiger partial charge on any atom is -0.321 e. The van der Waals surface area contributed by atoms with Gasteiger partial charge in [0.2, 0.25) is 11.6 Å². The largest absolute Gasteiger partial charge is 0.321 e. The number of hydrogen-bond acceptors (Lipinski definition) is 5. The van der Waals surface area contributed by atoms with Crippen molar-refractivity contribution in [3.05, 3.63) is 23.3 Å². The van der Waals surface area contributed by atoms with Gasteiger partial charge in [-0.1, -0.05) is 5.16 Å². The van der Waals surface area contributed by atoms with Crippen molar-refractivity contribution in [2.45, 2.75) is 6.92 Å². The highest BCUT2D eigenvalue weighted by Gasteiger charge is 2.08. The Morgan fingerprint density at radius 2 is 1.92 bits per heavy atom. The molecule has 0 aliphatic carbocycles. The molecule has 0 atom stereocenters. The van der Waals surface area contributed by atoms with Gasteiger partial charge in [0, 0.05) is 12.4 Å². The first-order valence-electron chi connectivity index (χ1n) is 3.54. The summed E-state index contributed by atoms with van der Waals surface area (Å²) in [5.74, 6) is 0.700. The summed E-state index contributed by atoms with van der Waals surface area (Å²) in [6.07, 6.45) is 3.35. The molecule has 0 amide bonds. The third kappa shape index (κ3) is 1.65. The molecule has 0 bridgehead atoms. The van der Waals surface area contributed by atoms with Crippen molar-refractivity contribution in [3.63, 3.8) is 0 Å². The van der Waals surface area contributed by atoms with Crippen LogP contribution >= 0.6 is 11.6 Å². The molecule has 0 radical (unpaired) electrons. The molecule has 13 heavy (non-hydrogen) atoms. The number of nitrogens with zero attached hydrogens (tertiary/aromatic N) is 4. The van der Waals surface area contributed by atoms with Crippen molar-refractivity contribution < 1.29 is 4.52 Å². The molecule has 6 heteroatoms. The maximum atomic E-state index is 5.45. The molecule has 0 aliphatic heterocycles. The summed E-state index contributed by atoms with van der Waals surface area (Å²) in [6.45, 7) is 1.90. The zero-order valence-corrected chi connectivity index (χ0v) is 7.49. The van der Waals surface area contributed by atoms with Crippen LogP contribution in [0, 0.1) is 6.92 Å². The van der Waals surface area contributed by atoms with Crippen LogP contribution in [-0.2, 0) is 0 Å². The highest BCUT2D eigenvalue weighted by atomic mass is 35.5. The molecule has 0 N–H and O–H groups in total. The molecule has 0 aromatic carbocycles. The fourth-order valence-electron chi connectivity index (χ4n) is 0.804. The predicted octanol–water partition coefficient (Wildman–Crippen LogP) is 1.49. The van der Waals surface area contributed by atoms with Crippen LogP contribution in [0.3, 0.4) is 0 Å². The molecular formula is C7H5ClN4O. The SMILES string of the molecule is Cc1cnc(-c2noc(Cl)n2)nc1. The molecule has 2 aromatic rings. The van der Waals surface area contributed by atoms with Gasteiger partial charge in [-0.05, 0) is 24.1 Å². The van der Waals surface area contributed by atoms with E-state index in [1.54, 1.807) is 12.4 Å². The molecule has 2 heterocycles. The fraction of sp³-hybridized carbons (Fsp3) is 0.143. The Labute approximate surface area is 78.8 Å². The second kappa shape index (κ2) is 3.10. The van der Waals surface area contributed by atoms with Gasteiger partial charge in [-0.2, -0.15) is 4.98 Å². The standard InChI is InChI=1S/C7H5ClN4O/c1-4-2-9-5(10-3-4)6-11-7(8)13-12-6/h2-3H,1H3. The lowest BCUT2D eigenvalue weighted by molar-refractivity contribution is 0.420. The van der Waals surface area contributed by atoms with Crippen molar-refractivity contribution in [2.24, 2.45) is 0 Å². The average molecular weight is 197 g/mol. The molecule has 0 aliphatic rings. The zero-order chi connectivity index (χ0) is 9.26. The number of aromatic nitrogens is 4. The van der Waals surface area contributed by atoms with Gasteiger partial charge in [0.15, 0.2) is 0 Å². The van der Waals surface area contributed by atoms with Gasteiger partial charge >= 0.3 is 5.35 Å². The molecule has 5 nitrogen and oxygen atoms in total. The van der Waals surface area contributed by atoms with Crippen LogP contribution in [0.1, 0.15) is 5.56 Å². The van der Waals surface area contributed by atoms with E-state index in [1.807, 2.05) is 6.92 Å². The van der Waals surface area contributed by atoms with Crippen LogP contribution < -0.4 is 0 Å². The molecular weight excluding hydrogens is 192 g/mol. The predicted molar refractivity (Wildman–Crippen MR) is 45.1 cm³/mol. The average Bonchev–Trinajstić information content (AvgIpc) is 2.53. The summed E-state index contributed by atoms with van der Waals surface area (Å²) in [7, 11) is 0. The van der Waals surface area contributed by atoms with E-state index in [-0.39, 0.29) is 5.35 Å². The van der Waals surface area contributed by atoms with E-state index in [2.05, 4.69) is 24.6 Å². The van der Waals surface area contributed by atoms with Crippen LogP contribution in [0.5, 0.6) is 0 Å². The van der Waals surface area contributed by atoms with Gasteiger partial charge < -0.3 is 4.52 Å². The number of halogens is 1. The molecule has 0 unspecified atom stereocenters. The smallest absolute Gasteiger partial charge is 0.320 e. The third-order valence-corrected chi connectivity index (χ3v) is 1.54. The lowest BCUT2D eigenvalue weighted by atomic mass is 10.4. The van der Waals surface area contributed by atoms with Crippen molar-refractivity contribution in [2.75, 3.05) is 0 Å². The molecule has 0 spiro atoms. The summed E-state index contributed by atoms with van der Waals surface area (Å²) in [5.41, 5.74) is 0.971. The number of hydrogen-bond donors (Lipinski definition) is 0. The topological polar surface area (TPSA) is 64.7 Å². The van der Waals surface area contributed by atoms with Crippen molar-refractivity contribution in [1.82, 2.24) is 20.1 Å². The highest BCUT2D eigenvalue weighted by Crippen LogP contribution is 2.12. The Hall–Kier alpha value is -1.49. The highest BCUT2D eigenvalue weighted by molar-refractivity contribution is 6.27. The van der Waals surface area contributed by atoms with Gasteiger partial charge in [0.25, 0.3) is 0 Å². The maximum absolute atomic E-state index is 5.45. The van der Waals surface area contributed by atoms with Crippen LogP contribution in [-0.4, -0.2) is 20.1 Å². The summed E-state index contributed by atoms with van der Waals surface area (Å²) in [5, 5.41) is 3.56. The maximum Gasteiger partial charge on any atom is 0.320 e. The van der Waals surface area contributed by atoms with E-state index < -0.39 is 0 Å². The van der Waals surface area contributed by atoms with Gasteiger partial charge in [0.05, 0.1) is 0 Å². The summed E-state index contributed by atoms with van der Waals surface area (Å²) in [4.78, 5) is 11.8. The van der Waals surface area contributed by atoms with E-state index in [0.717, 1.165) is 5.56 Å². The first-order chi connectivity index (χ1) is 6.25. The van der Waals surface area contributed by atoms with Crippen LogP contribution in [0.4, 0.5) is 0 Å². The van der Waals surface area contributed by atoms with Gasteiger partial charge in [-0.3, -0.25) is 0 Å². The van der Waals surface area contributed by atoms with Crippen LogP contribution in [0.25, 0.3) is 11.6 Å². The summed E-state index contributed by atoms with van der Waals surface area (Å²) >= 11 is 5.45. The monoisotopic (exact) mass is 196 g/mol. The van der Waals surface area contributed by atoms with Crippen molar-refractivity contribution >= 4 is 11.6 Å². The van der Waals surface area contributed by atoms with E-state index in [9.17, 15) is 0 Å². The zero-order valence-electron chi connectivity index (χ0n) is 6.73. The Morgan fingerprint density at radius 1 is 1.23 bits per heavy atom. The third-order valence-electron chi connectivity index (χ3n) is 1.38. The van der Waals surface area contributed by atoms with E-state index in [1.165, 1.54) is 0 Å². The van der Waals surface area contributed by atoms with E-state index in [0.29, 0.717) is 11.6 Å². The molecule has 0 saturated heterocycles. The summed E-state index contributed by atoms with van der Waals surface area (Å²) in [6, 6.07) is 0. The van der Waals surface area contributed by atoms with Crippen molar-refractivity contribution in [3.8, 4) is 11.6 Å². The van der Waals surface area contributed by atoms with Crippen LogP contribution in [0.2, 0.25) is 5.35 Å². The normalized spacial score (nSPS) is 10.3. The fourth-order valence-corrected chi connectivity index (χ4v) is 0.918. The quantitative estimate of drug-likeness (QED) is 0.691. The molecule has 2 rings (SSSR count). The van der Waals surface area contributed by atoms with Crippen molar-refractivity contribution in [1.29, 1.82) is 0 Å². The van der Waals surface area contributed by atoms with Crippen LogP contribution in [0.15, 0.2) is 16.9 Å². The summed E-state index contributed by atoms with van der Waals surface area (Å²) < 4.78 is 4.57. The Morgan fingerprint density at radius 3 is 2.46 bits per heavy atom. The molecule has 2 aromatic heterocycles. The second-order valence-electron chi connectivity index (χ2n) is 2.45. The number of aryl methyl sites for hydroxylation is 1. The first kappa shape index (κ1) is 8.12. The number of rotatable bonds is 1. The second-order valence-corrected chi connectivity index (χ2v) is 2.78. The van der Waals surface area contributed by atoms with E-state index in [4.69, 9.17) is 11.6 Å². The molecule has 0 saturated carbocycles. The lowest BCUT2D eigenvalue weighted by Crippen LogP contribution is -1.90. The molecule has 0 fully saturated rings. The van der Waals surface area contributed by atoms with Gasteiger partial charge in [0.1, 0.15) is 0 Å². The Bertz CT molecular complexity index is 411.